The Morgan fingerprint density at radius 2 is 2.14 bits per heavy atom. The monoisotopic (exact) mass is 189 g/mol. The van der Waals surface area contributed by atoms with Crippen LogP contribution >= 0.6 is 0 Å². The molecule has 0 aromatic heterocycles. The summed E-state index contributed by atoms with van der Waals surface area (Å²) in [6.45, 7) is 1.43. The molecule has 1 aromatic carbocycles. The molecule has 0 amide bonds. The normalized spacial score (nSPS) is 11.5. The van der Waals surface area contributed by atoms with Gasteiger partial charge in [-0.3, -0.25) is 4.79 Å². The highest BCUT2D eigenvalue weighted by Crippen LogP contribution is 2.06. The van der Waals surface area contributed by atoms with E-state index in [0.717, 1.165) is 5.56 Å². The standard InChI is InChI=1S/C10H11N3O/c1-8(14)10(12-13-11)7-9-5-3-2-4-6-9/h2-6,10H,7H2,1H3/t10-/m0/s1. The lowest BCUT2D eigenvalue weighted by atomic mass is 10.0. The summed E-state index contributed by atoms with van der Waals surface area (Å²) < 4.78 is 0. The second kappa shape index (κ2) is 5.04. The van der Waals surface area contributed by atoms with Gasteiger partial charge in [0.2, 0.25) is 0 Å². The molecule has 0 N–H and O–H groups in total. The van der Waals surface area contributed by atoms with E-state index in [2.05, 4.69) is 10.0 Å². The van der Waals surface area contributed by atoms with Gasteiger partial charge in [0.05, 0.1) is 6.04 Å². The zero-order valence-electron chi connectivity index (χ0n) is 7.92. The minimum Gasteiger partial charge on any atom is -0.300 e. The Morgan fingerprint density at radius 3 is 2.64 bits per heavy atom. The van der Waals surface area contributed by atoms with Crippen molar-refractivity contribution in [1.29, 1.82) is 0 Å². The first kappa shape index (κ1) is 10.3. The van der Waals surface area contributed by atoms with Crippen LogP contribution in [-0.2, 0) is 11.2 Å². The molecule has 0 saturated heterocycles. The summed E-state index contributed by atoms with van der Waals surface area (Å²) in [5, 5.41) is 3.45. The molecule has 0 saturated carbocycles. The molecule has 0 aliphatic heterocycles. The number of rotatable bonds is 4. The fourth-order valence-electron chi connectivity index (χ4n) is 1.17. The van der Waals surface area contributed by atoms with Gasteiger partial charge < -0.3 is 0 Å². The van der Waals surface area contributed by atoms with Gasteiger partial charge in [0, 0.05) is 4.91 Å². The van der Waals surface area contributed by atoms with Crippen molar-refractivity contribution in [1.82, 2.24) is 0 Å². The van der Waals surface area contributed by atoms with Crippen LogP contribution in [0.3, 0.4) is 0 Å². The van der Waals surface area contributed by atoms with E-state index >= 15 is 0 Å². The summed E-state index contributed by atoms with van der Waals surface area (Å²) in [6, 6.07) is 8.92. The van der Waals surface area contributed by atoms with Gasteiger partial charge in [-0.1, -0.05) is 35.4 Å². The Labute approximate surface area is 82.2 Å². The maximum Gasteiger partial charge on any atom is 0.139 e. The highest BCUT2D eigenvalue weighted by atomic mass is 16.1. The van der Waals surface area contributed by atoms with Crippen LogP contribution in [0.15, 0.2) is 35.4 Å². The van der Waals surface area contributed by atoms with Crippen molar-refractivity contribution in [2.75, 3.05) is 0 Å². The van der Waals surface area contributed by atoms with Crippen molar-refractivity contribution < 1.29 is 4.79 Å². The SMILES string of the molecule is CC(=O)[C@H](Cc1ccccc1)N=[N+]=[N-]. The molecule has 1 atom stereocenters. The topological polar surface area (TPSA) is 65.8 Å². The molecule has 0 heterocycles. The highest BCUT2D eigenvalue weighted by molar-refractivity contribution is 5.81. The van der Waals surface area contributed by atoms with Crippen LogP contribution < -0.4 is 0 Å². The number of ketones is 1. The van der Waals surface area contributed by atoms with E-state index in [4.69, 9.17) is 5.53 Å². The number of hydrogen-bond acceptors (Lipinski definition) is 2. The first-order chi connectivity index (χ1) is 6.74. The van der Waals surface area contributed by atoms with E-state index in [1.165, 1.54) is 6.92 Å². The number of nitrogens with zero attached hydrogens (tertiary/aromatic N) is 3. The number of benzene rings is 1. The molecule has 0 unspecified atom stereocenters. The van der Waals surface area contributed by atoms with Crippen LogP contribution in [0.1, 0.15) is 12.5 Å². The van der Waals surface area contributed by atoms with Crippen LogP contribution in [-0.4, -0.2) is 11.8 Å². The molecule has 14 heavy (non-hydrogen) atoms. The number of carbonyl (C=O) groups excluding carboxylic acids is 1. The number of Topliss-reactive ketones (excluding diaryl/α,β-unsaturated/α-hetero) is 1. The van der Waals surface area contributed by atoms with Gasteiger partial charge in [0.15, 0.2) is 0 Å². The number of carbonyl (C=O) groups is 1. The Kier molecular flexibility index (Phi) is 3.70. The predicted octanol–water partition coefficient (Wildman–Crippen LogP) is 2.50. The largest absolute Gasteiger partial charge is 0.300 e. The van der Waals surface area contributed by atoms with Crippen LogP contribution in [0.2, 0.25) is 0 Å². The summed E-state index contributed by atoms with van der Waals surface area (Å²) in [5.41, 5.74) is 9.27. The molecule has 0 bridgehead atoms. The lowest BCUT2D eigenvalue weighted by Crippen LogP contribution is -2.17. The fourth-order valence-corrected chi connectivity index (χ4v) is 1.17. The molecule has 0 radical (unpaired) electrons. The van der Waals surface area contributed by atoms with E-state index in [-0.39, 0.29) is 5.78 Å². The van der Waals surface area contributed by atoms with E-state index in [1.807, 2.05) is 30.3 Å². The van der Waals surface area contributed by atoms with E-state index in [1.54, 1.807) is 0 Å². The Hall–Kier alpha value is -1.80. The molecule has 4 heteroatoms. The molecule has 72 valence electrons. The summed E-state index contributed by atoms with van der Waals surface area (Å²) in [7, 11) is 0. The zero-order chi connectivity index (χ0) is 10.4. The molecular formula is C10H11N3O. The fraction of sp³-hybridized carbons (Fsp3) is 0.300. The number of hydrogen-bond donors (Lipinski definition) is 0. The first-order valence-corrected chi connectivity index (χ1v) is 4.32. The van der Waals surface area contributed by atoms with Crippen LogP contribution in [0, 0.1) is 0 Å². The number of azide groups is 1. The summed E-state index contributed by atoms with van der Waals surface area (Å²) in [5.74, 6) is -0.105. The quantitative estimate of drug-likeness (QED) is 0.407. The lowest BCUT2D eigenvalue weighted by molar-refractivity contribution is -0.118. The summed E-state index contributed by atoms with van der Waals surface area (Å²) >= 11 is 0. The van der Waals surface area contributed by atoms with Gasteiger partial charge in [0.25, 0.3) is 0 Å². The second-order valence-corrected chi connectivity index (χ2v) is 3.02. The molecule has 4 nitrogen and oxygen atoms in total. The third-order valence-corrected chi connectivity index (χ3v) is 1.93. The lowest BCUT2D eigenvalue weighted by Gasteiger charge is -2.06. The van der Waals surface area contributed by atoms with Crippen molar-refractivity contribution in [3.63, 3.8) is 0 Å². The highest BCUT2D eigenvalue weighted by Gasteiger charge is 2.11. The smallest absolute Gasteiger partial charge is 0.139 e. The molecule has 1 aromatic rings. The van der Waals surface area contributed by atoms with Crippen molar-refractivity contribution in [2.45, 2.75) is 19.4 Å². The Bertz CT molecular complexity index is 353. The van der Waals surface area contributed by atoms with Gasteiger partial charge in [0.1, 0.15) is 5.78 Å². The summed E-state index contributed by atoms with van der Waals surface area (Å²) in [4.78, 5) is 13.7. The van der Waals surface area contributed by atoms with Gasteiger partial charge in [-0.15, -0.1) is 0 Å². The molecule has 1 rings (SSSR count). The van der Waals surface area contributed by atoms with Crippen molar-refractivity contribution in [3.8, 4) is 0 Å². The third-order valence-electron chi connectivity index (χ3n) is 1.93. The van der Waals surface area contributed by atoms with E-state index in [9.17, 15) is 4.79 Å². The minimum absolute atomic E-state index is 0.105. The molecule has 0 aliphatic carbocycles. The van der Waals surface area contributed by atoms with Gasteiger partial charge >= 0.3 is 0 Å². The average molecular weight is 189 g/mol. The van der Waals surface area contributed by atoms with Crippen molar-refractivity contribution in [2.24, 2.45) is 5.11 Å². The minimum atomic E-state index is -0.581. The molecule has 0 spiro atoms. The molecule has 0 aliphatic rings. The second-order valence-electron chi connectivity index (χ2n) is 3.02. The van der Waals surface area contributed by atoms with Crippen molar-refractivity contribution >= 4 is 5.78 Å². The van der Waals surface area contributed by atoms with Gasteiger partial charge in [-0.05, 0) is 24.4 Å². The van der Waals surface area contributed by atoms with Crippen LogP contribution in [0.5, 0.6) is 0 Å². The third kappa shape index (κ3) is 2.92. The maximum absolute atomic E-state index is 11.1. The van der Waals surface area contributed by atoms with Crippen LogP contribution in [0.4, 0.5) is 0 Å². The Balaban J connectivity index is 2.75. The zero-order valence-corrected chi connectivity index (χ0v) is 7.92. The van der Waals surface area contributed by atoms with E-state index < -0.39 is 6.04 Å². The summed E-state index contributed by atoms with van der Waals surface area (Å²) in [6.07, 6.45) is 0.472. The van der Waals surface area contributed by atoms with Crippen LogP contribution in [0.25, 0.3) is 10.4 Å². The van der Waals surface area contributed by atoms with Gasteiger partial charge in [-0.2, -0.15) is 0 Å². The molecule has 0 fully saturated rings. The first-order valence-electron chi connectivity index (χ1n) is 4.32. The maximum atomic E-state index is 11.1. The van der Waals surface area contributed by atoms with Crippen molar-refractivity contribution in [3.05, 3.63) is 46.3 Å². The molecular weight excluding hydrogens is 178 g/mol. The Morgan fingerprint density at radius 1 is 1.50 bits per heavy atom. The van der Waals surface area contributed by atoms with E-state index in [0.29, 0.717) is 6.42 Å². The average Bonchev–Trinajstić information content (AvgIpc) is 2.18. The predicted molar refractivity (Wildman–Crippen MR) is 53.8 cm³/mol. The van der Waals surface area contributed by atoms with Gasteiger partial charge in [-0.25, -0.2) is 0 Å².